The molecule has 39 heavy (non-hydrogen) atoms. The molecule has 1 atom stereocenters. The number of likely N-dealkylation sites (tertiary alicyclic amines) is 1. The number of carbonyl (C=O) groups is 1. The van der Waals surface area contributed by atoms with Gasteiger partial charge >= 0.3 is 0 Å². The Morgan fingerprint density at radius 1 is 0.974 bits per heavy atom. The lowest BCUT2D eigenvalue weighted by molar-refractivity contribution is -0.115. The molecule has 2 aliphatic heterocycles. The summed E-state index contributed by atoms with van der Waals surface area (Å²) in [6.07, 6.45) is 3.82. The van der Waals surface area contributed by atoms with E-state index in [-0.39, 0.29) is 10.8 Å². The Morgan fingerprint density at radius 3 is 2.33 bits per heavy atom. The van der Waals surface area contributed by atoms with Gasteiger partial charge in [0, 0.05) is 17.8 Å². The zero-order valence-corrected chi connectivity index (χ0v) is 23.6. The average Bonchev–Trinajstić information content (AvgIpc) is 3.23. The number of carbonyl (C=O) groups excluding carboxylic acids is 1. The van der Waals surface area contributed by atoms with Crippen LogP contribution in [0.4, 0.5) is 11.4 Å². The summed E-state index contributed by atoms with van der Waals surface area (Å²) in [5, 5.41) is 2.92. The van der Waals surface area contributed by atoms with Gasteiger partial charge in [0.2, 0.25) is 15.9 Å². The lowest BCUT2D eigenvalue weighted by Gasteiger charge is -2.26. The second-order valence-electron chi connectivity index (χ2n) is 11.4. The number of benzene rings is 3. The number of hydrogen-bond acceptors (Lipinski definition) is 5. The molecule has 1 amide bonds. The standard InChI is InChI=1S/C31H36N4O3S/c1-31(2,3)34-39(37,38)25-16-17-27-26(20-25)28(30(36)33-27)29(23-10-6-4-7-11-23)32-24-14-12-22(13-15-24)21-35-18-8-5-9-19-35/h4,6-7,10-17,20,28,34H,5,8-9,18-19,21H2,1-3H3,(H,33,36). The molecule has 0 aliphatic carbocycles. The highest BCUT2D eigenvalue weighted by Crippen LogP contribution is 2.38. The van der Waals surface area contributed by atoms with Crippen molar-refractivity contribution in [2.75, 3.05) is 18.4 Å². The highest BCUT2D eigenvalue weighted by atomic mass is 32.2. The van der Waals surface area contributed by atoms with Crippen LogP contribution in [0, 0.1) is 0 Å². The highest BCUT2D eigenvalue weighted by molar-refractivity contribution is 7.89. The third-order valence-electron chi connectivity index (χ3n) is 6.99. The summed E-state index contributed by atoms with van der Waals surface area (Å²) in [6, 6.07) is 22.5. The summed E-state index contributed by atoms with van der Waals surface area (Å²) >= 11 is 0. The van der Waals surface area contributed by atoms with E-state index in [0.717, 1.165) is 30.9 Å². The van der Waals surface area contributed by atoms with Crippen molar-refractivity contribution in [2.24, 2.45) is 4.99 Å². The van der Waals surface area contributed by atoms with Gasteiger partial charge in [-0.1, -0.05) is 48.9 Å². The first-order valence-electron chi connectivity index (χ1n) is 13.5. The molecule has 0 radical (unpaired) electrons. The van der Waals surface area contributed by atoms with Crippen molar-refractivity contribution in [1.82, 2.24) is 9.62 Å². The quantitative estimate of drug-likeness (QED) is 0.379. The molecule has 3 aromatic rings. The van der Waals surface area contributed by atoms with E-state index in [2.05, 4.69) is 27.1 Å². The Morgan fingerprint density at radius 2 is 1.67 bits per heavy atom. The van der Waals surface area contributed by atoms with E-state index >= 15 is 0 Å². The van der Waals surface area contributed by atoms with Crippen LogP contribution in [0.3, 0.4) is 0 Å². The maximum atomic E-state index is 13.3. The zero-order chi connectivity index (χ0) is 27.6. The van der Waals surface area contributed by atoms with Gasteiger partial charge in [-0.3, -0.25) is 14.7 Å². The minimum absolute atomic E-state index is 0.118. The minimum Gasteiger partial charge on any atom is -0.325 e. The third kappa shape index (κ3) is 6.46. The summed E-state index contributed by atoms with van der Waals surface area (Å²) in [5.74, 6) is -0.979. The molecular formula is C31H36N4O3S. The number of hydrogen-bond donors (Lipinski definition) is 2. The summed E-state index contributed by atoms with van der Waals surface area (Å²) in [7, 11) is -3.78. The molecule has 1 saturated heterocycles. The number of amides is 1. The number of rotatable bonds is 7. The predicted octanol–water partition coefficient (Wildman–Crippen LogP) is 5.61. The van der Waals surface area contributed by atoms with Gasteiger partial charge in [-0.05, 0) is 93.7 Å². The van der Waals surface area contributed by atoms with Crippen LogP contribution in [0.15, 0.2) is 82.7 Å². The smallest absolute Gasteiger partial charge is 0.241 e. The molecule has 7 nitrogen and oxygen atoms in total. The first kappa shape index (κ1) is 27.2. The maximum Gasteiger partial charge on any atom is 0.241 e. The Kier molecular flexibility index (Phi) is 7.71. The van der Waals surface area contributed by atoms with Gasteiger partial charge in [0.1, 0.15) is 5.92 Å². The van der Waals surface area contributed by atoms with Crippen LogP contribution in [-0.4, -0.2) is 43.6 Å². The normalized spacial score (nSPS) is 18.6. The van der Waals surface area contributed by atoms with Gasteiger partial charge in [0.15, 0.2) is 0 Å². The molecule has 0 spiro atoms. The van der Waals surface area contributed by atoms with Gasteiger partial charge in [0.25, 0.3) is 0 Å². The van der Waals surface area contributed by atoms with Crippen LogP contribution in [0.25, 0.3) is 0 Å². The van der Waals surface area contributed by atoms with Gasteiger partial charge in [-0.2, -0.15) is 0 Å². The largest absolute Gasteiger partial charge is 0.325 e. The van der Waals surface area contributed by atoms with Crippen LogP contribution in [0.2, 0.25) is 0 Å². The van der Waals surface area contributed by atoms with Crippen molar-refractivity contribution in [1.29, 1.82) is 0 Å². The predicted molar refractivity (Wildman–Crippen MR) is 156 cm³/mol. The van der Waals surface area contributed by atoms with Crippen molar-refractivity contribution in [3.8, 4) is 0 Å². The van der Waals surface area contributed by atoms with E-state index in [4.69, 9.17) is 4.99 Å². The van der Waals surface area contributed by atoms with Crippen LogP contribution < -0.4 is 10.0 Å². The molecule has 0 bridgehead atoms. The average molecular weight is 545 g/mol. The molecule has 8 heteroatoms. The molecule has 1 unspecified atom stereocenters. The Labute approximate surface area is 231 Å². The van der Waals surface area contributed by atoms with Gasteiger partial charge in [-0.15, -0.1) is 0 Å². The summed E-state index contributed by atoms with van der Waals surface area (Å²) < 4.78 is 28.9. The topological polar surface area (TPSA) is 90.9 Å². The number of piperidine rings is 1. The molecule has 3 aromatic carbocycles. The number of sulfonamides is 1. The third-order valence-corrected chi connectivity index (χ3v) is 8.74. The molecular weight excluding hydrogens is 508 g/mol. The van der Waals surface area contributed by atoms with Crippen LogP contribution >= 0.6 is 0 Å². The minimum atomic E-state index is -3.78. The maximum absolute atomic E-state index is 13.3. The lowest BCUT2D eigenvalue weighted by atomic mass is 9.90. The molecule has 0 saturated carbocycles. The van der Waals surface area contributed by atoms with E-state index in [1.165, 1.54) is 30.9 Å². The van der Waals surface area contributed by atoms with E-state index in [9.17, 15) is 13.2 Å². The Balaban J connectivity index is 1.51. The molecule has 1 fully saturated rings. The second kappa shape index (κ2) is 11.0. The fourth-order valence-corrected chi connectivity index (χ4v) is 6.69. The van der Waals surface area contributed by atoms with Crippen molar-refractivity contribution in [3.05, 3.63) is 89.5 Å². The van der Waals surface area contributed by atoms with Crippen LogP contribution in [0.5, 0.6) is 0 Å². The fraction of sp³-hybridized carbons (Fsp3) is 0.355. The SMILES string of the molecule is CC(C)(C)NS(=O)(=O)c1ccc2c(c1)C(C(=Nc1ccc(CN3CCCCC3)cc1)c1ccccc1)C(=O)N2. The van der Waals surface area contributed by atoms with Gasteiger partial charge < -0.3 is 5.32 Å². The fourth-order valence-electron chi connectivity index (χ4n) is 5.24. The Bertz CT molecular complexity index is 1470. The lowest BCUT2D eigenvalue weighted by Crippen LogP contribution is -2.40. The highest BCUT2D eigenvalue weighted by Gasteiger charge is 2.37. The number of nitrogens with zero attached hydrogens (tertiary/aromatic N) is 2. The van der Waals surface area contributed by atoms with Crippen molar-refractivity contribution in [3.63, 3.8) is 0 Å². The Hall–Kier alpha value is -3.33. The van der Waals surface area contributed by atoms with Crippen molar-refractivity contribution < 1.29 is 13.2 Å². The van der Waals surface area contributed by atoms with E-state index < -0.39 is 21.5 Å². The second-order valence-corrected chi connectivity index (χ2v) is 13.1. The number of fused-ring (bicyclic) bond motifs is 1. The van der Waals surface area contributed by atoms with Crippen molar-refractivity contribution >= 4 is 33.0 Å². The van der Waals surface area contributed by atoms with Crippen molar-refractivity contribution in [2.45, 2.75) is 62.9 Å². The molecule has 2 aliphatic rings. The number of nitrogens with one attached hydrogen (secondary N) is 2. The monoisotopic (exact) mass is 544 g/mol. The molecule has 2 N–H and O–H groups in total. The van der Waals surface area contributed by atoms with Crippen LogP contribution in [0.1, 0.15) is 62.6 Å². The molecule has 5 rings (SSSR count). The van der Waals surface area contributed by atoms with Gasteiger partial charge in [-0.25, -0.2) is 13.1 Å². The zero-order valence-electron chi connectivity index (χ0n) is 22.8. The number of anilines is 1. The molecule has 0 aromatic heterocycles. The summed E-state index contributed by atoms with van der Waals surface area (Å²) in [5.41, 5.74) is 3.93. The van der Waals surface area contributed by atoms with Gasteiger partial charge in [0.05, 0.1) is 16.3 Å². The van der Waals surface area contributed by atoms with E-state index in [0.29, 0.717) is 17.0 Å². The molecule has 204 valence electrons. The molecule has 2 heterocycles. The number of aliphatic imine (C=N–C) groups is 1. The first-order chi connectivity index (χ1) is 18.6. The first-order valence-corrected chi connectivity index (χ1v) is 15.0. The van der Waals surface area contributed by atoms with E-state index in [1.54, 1.807) is 32.9 Å². The van der Waals surface area contributed by atoms with E-state index in [1.807, 2.05) is 42.5 Å². The summed E-state index contributed by atoms with van der Waals surface area (Å²) in [6.45, 7) is 8.58. The van der Waals surface area contributed by atoms with Crippen LogP contribution in [-0.2, 0) is 21.4 Å². The summed E-state index contributed by atoms with van der Waals surface area (Å²) in [4.78, 5) is 20.9.